The molecule has 1 heterocycles. The SMILES string of the molecule is CC(C)(O)c1ccc(C(=O)OCCCO)o1. The summed E-state index contributed by atoms with van der Waals surface area (Å²) in [6.07, 6.45) is 0.394. The standard InChI is InChI=1S/C11H16O5/c1-11(2,14)9-5-4-8(16-9)10(13)15-7-3-6-12/h4-5,12,14H,3,6-7H2,1-2H3. The predicted octanol–water partition coefficient (Wildman–Crippen LogP) is 1.05. The highest BCUT2D eigenvalue weighted by molar-refractivity contribution is 5.86. The lowest BCUT2D eigenvalue weighted by Gasteiger charge is -2.12. The molecule has 5 nitrogen and oxygen atoms in total. The van der Waals surface area contributed by atoms with Gasteiger partial charge in [0.2, 0.25) is 5.76 Å². The van der Waals surface area contributed by atoms with Crippen molar-refractivity contribution < 1.29 is 24.2 Å². The van der Waals surface area contributed by atoms with Gasteiger partial charge in [0.05, 0.1) is 6.61 Å². The van der Waals surface area contributed by atoms with E-state index in [0.29, 0.717) is 12.2 Å². The zero-order chi connectivity index (χ0) is 12.2. The summed E-state index contributed by atoms with van der Waals surface area (Å²) in [6, 6.07) is 2.98. The van der Waals surface area contributed by atoms with E-state index in [1.54, 1.807) is 13.8 Å². The number of aliphatic hydroxyl groups is 2. The van der Waals surface area contributed by atoms with Gasteiger partial charge >= 0.3 is 5.97 Å². The summed E-state index contributed by atoms with van der Waals surface area (Å²) in [5, 5.41) is 18.1. The highest BCUT2D eigenvalue weighted by atomic mass is 16.5. The molecule has 1 aromatic rings. The first-order chi connectivity index (χ1) is 7.45. The number of carbonyl (C=O) groups is 1. The molecule has 0 fully saturated rings. The first-order valence-corrected chi connectivity index (χ1v) is 5.06. The van der Waals surface area contributed by atoms with Crippen LogP contribution < -0.4 is 0 Å². The van der Waals surface area contributed by atoms with Gasteiger partial charge < -0.3 is 19.4 Å². The number of hydrogen-bond acceptors (Lipinski definition) is 5. The van der Waals surface area contributed by atoms with Crippen LogP contribution in [0.4, 0.5) is 0 Å². The van der Waals surface area contributed by atoms with Gasteiger partial charge in [0.1, 0.15) is 11.4 Å². The average Bonchev–Trinajstić information content (AvgIpc) is 2.66. The fraction of sp³-hybridized carbons (Fsp3) is 0.545. The minimum absolute atomic E-state index is 0.0274. The van der Waals surface area contributed by atoms with Crippen LogP contribution in [0, 0.1) is 0 Å². The molecule has 0 radical (unpaired) electrons. The molecule has 0 aliphatic heterocycles. The Bertz CT molecular complexity index is 348. The minimum Gasteiger partial charge on any atom is -0.460 e. The van der Waals surface area contributed by atoms with E-state index >= 15 is 0 Å². The number of ether oxygens (including phenoxy) is 1. The fourth-order valence-corrected chi connectivity index (χ4v) is 1.08. The van der Waals surface area contributed by atoms with Crippen molar-refractivity contribution in [2.24, 2.45) is 0 Å². The predicted molar refractivity (Wildman–Crippen MR) is 55.9 cm³/mol. The molecule has 0 amide bonds. The quantitative estimate of drug-likeness (QED) is 0.581. The van der Waals surface area contributed by atoms with Crippen LogP contribution in [-0.4, -0.2) is 29.4 Å². The molecule has 0 atom stereocenters. The van der Waals surface area contributed by atoms with Gasteiger partial charge in [0, 0.05) is 13.0 Å². The molecular weight excluding hydrogens is 212 g/mol. The van der Waals surface area contributed by atoms with E-state index in [0.717, 1.165) is 0 Å². The molecule has 0 saturated heterocycles. The Morgan fingerprint density at radius 2 is 2.19 bits per heavy atom. The second kappa shape index (κ2) is 5.14. The monoisotopic (exact) mass is 228 g/mol. The Hall–Kier alpha value is -1.33. The van der Waals surface area contributed by atoms with E-state index in [1.807, 2.05) is 0 Å². The molecule has 16 heavy (non-hydrogen) atoms. The third kappa shape index (κ3) is 3.36. The van der Waals surface area contributed by atoms with Crippen molar-refractivity contribution in [3.63, 3.8) is 0 Å². The fourth-order valence-electron chi connectivity index (χ4n) is 1.08. The molecule has 1 aromatic heterocycles. The maximum absolute atomic E-state index is 11.4. The highest BCUT2D eigenvalue weighted by Crippen LogP contribution is 2.22. The van der Waals surface area contributed by atoms with Gasteiger partial charge in [-0.15, -0.1) is 0 Å². The molecule has 0 spiro atoms. The third-order valence-corrected chi connectivity index (χ3v) is 1.95. The van der Waals surface area contributed by atoms with Crippen molar-refractivity contribution in [2.75, 3.05) is 13.2 Å². The van der Waals surface area contributed by atoms with Gasteiger partial charge in [-0.1, -0.05) is 0 Å². The number of aliphatic hydroxyl groups excluding tert-OH is 1. The van der Waals surface area contributed by atoms with Crippen LogP contribution in [0.5, 0.6) is 0 Å². The molecule has 0 unspecified atom stereocenters. The second-order valence-electron chi connectivity index (χ2n) is 3.94. The molecule has 0 saturated carbocycles. The van der Waals surface area contributed by atoms with Crippen LogP contribution in [0.25, 0.3) is 0 Å². The molecule has 0 bridgehead atoms. The second-order valence-corrected chi connectivity index (χ2v) is 3.94. The number of furan rings is 1. The van der Waals surface area contributed by atoms with E-state index in [2.05, 4.69) is 0 Å². The largest absolute Gasteiger partial charge is 0.460 e. The molecule has 1 rings (SSSR count). The Morgan fingerprint density at radius 1 is 1.50 bits per heavy atom. The lowest BCUT2D eigenvalue weighted by atomic mass is 10.1. The summed E-state index contributed by atoms with van der Waals surface area (Å²) in [5.41, 5.74) is -1.12. The zero-order valence-electron chi connectivity index (χ0n) is 9.40. The zero-order valence-corrected chi connectivity index (χ0v) is 9.40. The number of carbonyl (C=O) groups excluding carboxylic acids is 1. The van der Waals surface area contributed by atoms with Crippen molar-refractivity contribution in [1.29, 1.82) is 0 Å². The van der Waals surface area contributed by atoms with Crippen molar-refractivity contribution >= 4 is 5.97 Å². The first kappa shape index (κ1) is 12.7. The van der Waals surface area contributed by atoms with Gasteiger partial charge in [-0.25, -0.2) is 4.79 Å². The lowest BCUT2D eigenvalue weighted by molar-refractivity contribution is 0.0382. The minimum atomic E-state index is -1.12. The summed E-state index contributed by atoms with van der Waals surface area (Å²) in [6.45, 7) is 3.24. The smallest absolute Gasteiger partial charge is 0.374 e. The van der Waals surface area contributed by atoms with E-state index in [9.17, 15) is 9.90 Å². The lowest BCUT2D eigenvalue weighted by Crippen LogP contribution is -2.14. The van der Waals surface area contributed by atoms with Crippen LogP contribution in [0.3, 0.4) is 0 Å². The summed E-state index contributed by atoms with van der Waals surface area (Å²) in [5.74, 6) is -0.236. The number of esters is 1. The van der Waals surface area contributed by atoms with Crippen molar-refractivity contribution in [3.8, 4) is 0 Å². The average molecular weight is 228 g/mol. The van der Waals surface area contributed by atoms with Crippen LogP contribution in [0.15, 0.2) is 16.5 Å². The van der Waals surface area contributed by atoms with Gasteiger partial charge in [-0.2, -0.15) is 0 Å². The highest BCUT2D eigenvalue weighted by Gasteiger charge is 2.22. The normalized spacial score (nSPS) is 11.5. The Kier molecular flexibility index (Phi) is 4.09. The van der Waals surface area contributed by atoms with E-state index in [-0.39, 0.29) is 19.0 Å². The van der Waals surface area contributed by atoms with Crippen molar-refractivity contribution in [2.45, 2.75) is 25.9 Å². The van der Waals surface area contributed by atoms with Gasteiger partial charge in [0.15, 0.2) is 0 Å². The van der Waals surface area contributed by atoms with E-state index < -0.39 is 11.6 Å². The third-order valence-electron chi connectivity index (χ3n) is 1.95. The summed E-state index contributed by atoms with van der Waals surface area (Å²) in [4.78, 5) is 11.4. The Morgan fingerprint density at radius 3 is 2.69 bits per heavy atom. The van der Waals surface area contributed by atoms with Gasteiger partial charge in [-0.05, 0) is 26.0 Å². The van der Waals surface area contributed by atoms with Gasteiger partial charge in [0.25, 0.3) is 0 Å². The summed E-state index contributed by atoms with van der Waals surface area (Å²) >= 11 is 0. The van der Waals surface area contributed by atoms with Crippen LogP contribution in [-0.2, 0) is 10.3 Å². The Labute approximate surface area is 93.6 Å². The molecule has 5 heteroatoms. The first-order valence-electron chi connectivity index (χ1n) is 5.06. The summed E-state index contributed by atoms with van der Waals surface area (Å²) in [7, 11) is 0. The van der Waals surface area contributed by atoms with Crippen molar-refractivity contribution in [1.82, 2.24) is 0 Å². The molecular formula is C11H16O5. The van der Waals surface area contributed by atoms with Crippen molar-refractivity contribution in [3.05, 3.63) is 23.7 Å². The molecule has 2 N–H and O–H groups in total. The number of rotatable bonds is 5. The molecule has 0 aliphatic rings. The Balaban J connectivity index is 2.60. The molecule has 90 valence electrons. The van der Waals surface area contributed by atoms with Crippen LogP contribution in [0.2, 0.25) is 0 Å². The maximum atomic E-state index is 11.4. The topological polar surface area (TPSA) is 79.9 Å². The van der Waals surface area contributed by atoms with Crippen LogP contribution >= 0.6 is 0 Å². The molecule has 0 aromatic carbocycles. The number of hydrogen-bond donors (Lipinski definition) is 2. The van der Waals surface area contributed by atoms with Gasteiger partial charge in [-0.3, -0.25) is 0 Å². The van der Waals surface area contributed by atoms with Crippen LogP contribution in [0.1, 0.15) is 36.6 Å². The maximum Gasteiger partial charge on any atom is 0.374 e. The summed E-state index contributed by atoms with van der Waals surface area (Å²) < 4.78 is 9.97. The van der Waals surface area contributed by atoms with E-state index in [4.69, 9.17) is 14.3 Å². The molecule has 0 aliphatic carbocycles. The van der Waals surface area contributed by atoms with E-state index in [1.165, 1.54) is 12.1 Å².